The van der Waals surface area contributed by atoms with Gasteiger partial charge in [0.05, 0.1) is 23.0 Å². The summed E-state index contributed by atoms with van der Waals surface area (Å²) in [6.45, 7) is 2.28. The maximum atomic E-state index is 13.1. The number of carbonyl (C=O) groups excluding carboxylic acids is 1. The van der Waals surface area contributed by atoms with Gasteiger partial charge in [0.2, 0.25) is 0 Å². The molecule has 2 heterocycles. The molecule has 2 aromatic heterocycles. The molecule has 0 aliphatic rings. The first-order chi connectivity index (χ1) is 12.6. The summed E-state index contributed by atoms with van der Waals surface area (Å²) in [5, 5.41) is 1.28. The van der Waals surface area contributed by atoms with Crippen molar-refractivity contribution in [3.8, 4) is 0 Å². The number of aromatic nitrogens is 1. The Morgan fingerprint density at radius 3 is 2.73 bits per heavy atom. The molecule has 2 aromatic carbocycles. The van der Waals surface area contributed by atoms with Crippen LogP contribution < -0.4 is 4.90 Å². The standard InChI is InChI=1S/C20H15ClN2O2S/c1-13-10-15(21)11-17-18(13)22-20(26-17)23(12-16-8-5-9-25-16)19(24)14-6-3-2-4-7-14/h2-11H,12H2,1H3. The van der Waals surface area contributed by atoms with Crippen LogP contribution in [0.5, 0.6) is 0 Å². The highest BCUT2D eigenvalue weighted by atomic mass is 35.5. The zero-order valence-corrected chi connectivity index (χ0v) is 15.6. The molecule has 0 fully saturated rings. The summed E-state index contributed by atoms with van der Waals surface area (Å²) in [7, 11) is 0. The van der Waals surface area contributed by atoms with Gasteiger partial charge in [-0.1, -0.05) is 41.1 Å². The van der Waals surface area contributed by atoms with Crippen LogP contribution in [-0.2, 0) is 6.54 Å². The van der Waals surface area contributed by atoms with Crippen LogP contribution in [0.3, 0.4) is 0 Å². The lowest BCUT2D eigenvalue weighted by molar-refractivity contribution is 0.0983. The van der Waals surface area contributed by atoms with Crippen molar-refractivity contribution < 1.29 is 9.21 Å². The molecular weight excluding hydrogens is 368 g/mol. The van der Waals surface area contributed by atoms with Crippen LogP contribution in [0.4, 0.5) is 5.13 Å². The molecule has 0 aliphatic carbocycles. The Labute approximate surface area is 159 Å². The fourth-order valence-electron chi connectivity index (χ4n) is 2.78. The van der Waals surface area contributed by atoms with Gasteiger partial charge in [0, 0.05) is 10.6 Å². The van der Waals surface area contributed by atoms with Gasteiger partial charge in [0.1, 0.15) is 5.76 Å². The van der Waals surface area contributed by atoms with Crippen molar-refractivity contribution in [2.75, 3.05) is 4.90 Å². The van der Waals surface area contributed by atoms with E-state index >= 15 is 0 Å². The molecule has 1 amide bonds. The van der Waals surface area contributed by atoms with Crippen LogP contribution in [0.15, 0.2) is 65.3 Å². The van der Waals surface area contributed by atoms with Crippen molar-refractivity contribution in [2.45, 2.75) is 13.5 Å². The van der Waals surface area contributed by atoms with Crippen LogP contribution >= 0.6 is 22.9 Å². The number of fused-ring (bicyclic) bond motifs is 1. The van der Waals surface area contributed by atoms with Crippen molar-refractivity contribution in [3.63, 3.8) is 0 Å². The van der Waals surface area contributed by atoms with E-state index in [-0.39, 0.29) is 5.91 Å². The van der Waals surface area contributed by atoms with Gasteiger partial charge in [-0.2, -0.15) is 0 Å². The molecular formula is C20H15ClN2O2S. The predicted octanol–water partition coefficient (Wildman–Crippen LogP) is 5.70. The van der Waals surface area contributed by atoms with Gasteiger partial charge < -0.3 is 4.42 Å². The second-order valence-corrected chi connectivity index (χ2v) is 7.35. The van der Waals surface area contributed by atoms with Crippen LogP contribution in [0, 0.1) is 6.92 Å². The summed E-state index contributed by atoms with van der Waals surface area (Å²) >= 11 is 7.62. The van der Waals surface area contributed by atoms with Gasteiger partial charge in [-0.05, 0) is 48.9 Å². The van der Waals surface area contributed by atoms with Gasteiger partial charge in [0.15, 0.2) is 5.13 Å². The van der Waals surface area contributed by atoms with Gasteiger partial charge in [-0.15, -0.1) is 0 Å². The molecule has 0 saturated heterocycles. The van der Waals surface area contributed by atoms with Gasteiger partial charge in [-0.3, -0.25) is 9.69 Å². The molecule has 0 bridgehead atoms. The third-order valence-electron chi connectivity index (χ3n) is 4.03. The van der Waals surface area contributed by atoms with Crippen molar-refractivity contribution in [1.82, 2.24) is 4.98 Å². The summed E-state index contributed by atoms with van der Waals surface area (Å²) in [5.74, 6) is 0.577. The average Bonchev–Trinajstić information content (AvgIpc) is 3.29. The molecule has 0 saturated carbocycles. The molecule has 0 atom stereocenters. The largest absolute Gasteiger partial charge is 0.467 e. The highest BCUT2D eigenvalue weighted by molar-refractivity contribution is 7.22. The van der Waals surface area contributed by atoms with E-state index in [1.165, 1.54) is 11.3 Å². The second kappa shape index (κ2) is 6.94. The fourth-order valence-corrected chi connectivity index (χ4v) is 4.20. The van der Waals surface area contributed by atoms with E-state index in [0.29, 0.717) is 28.0 Å². The lowest BCUT2D eigenvalue weighted by Crippen LogP contribution is -2.30. The third kappa shape index (κ3) is 3.23. The molecule has 0 radical (unpaired) electrons. The quantitative estimate of drug-likeness (QED) is 0.455. The van der Waals surface area contributed by atoms with E-state index in [0.717, 1.165) is 15.8 Å². The molecule has 0 aliphatic heterocycles. The number of anilines is 1. The van der Waals surface area contributed by atoms with E-state index in [2.05, 4.69) is 0 Å². The van der Waals surface area contributed by atoms with E-state index in [9.17, 15) is 4.79 Å². The van der Waals surface area contributed by atoms with Gasteiger partial charge in [-0.25, -0.2) is 4.98 Å². The summed E-state index contributed by atoms with van der Waals surface area (Å²) in [5.41, 5.74) is 2.45. The molecule has 4 nitrogen and oxygen atoms in total. The summed E-state index contributed by atoms with van der Waals surface area (Å²) < 4.78 is 6.40. The number of amides is 1. The Hall–Kier alpha value is -2.63. The summed E-state index contributed by atoms with van der Waals surface area (Å²) in [6.07, 6.45) is 1.60. The van der Waals surface area contributed by atoms with Crippen LogP contribution in [0.1, 0.15) is 21.7 Å². The maximum absolute atomic E-state index is 13.1. The number of carbonyl (C=O) groups is 1. The maximum Gasteiger partial charge on any atom is 0.260 e. The van der Waals surface area contributed by atoms with Gasteiger partial charge >= 0.3 is 0 Å². The predicted molar refractivity (Wildman–Crippen MR) is 105 cm³/mol. The Kier molecular flexibility index (Phi) is 4.49. The highest BCUT2D eigenvalue weighted by Gasteiger charge is 2.23. The molecule has 0 spiro atoms. The summed E-state index contributed by atoms with van der Waals surface area (Å²) in [4.78, 5) is 19.5. The van der Waals surface area contributed by atoms with Crippen molar-refractivity contribution in [3.05, 3.63) is 82.8 Å². The van der Waals surface area contributed by atoms with Crippen molar-refractivity contribution in [1.29, 1.82) is 0 Å². The SMILES string of the molecule is Cc1cc(Cl)cc2sc(N(Cc3ccco3)C(=O)c3ccccc3)nc12. The second-order valence-electron chi connectivity index (χ2n) is 5.90. The first-order valence-electron chi connectivity index (χ1n) is 8.08. The number of thiazole rings is 1. The first kappa shape index (κ1) is 16.8. The van der Waals surface area contributed by atoms with E-state index in [4.69, 9.17) is 21.0 Å². The number of hydrogen-bond acceptors (Lipinski definition) is 4. The number of rotatable bonds is 4. The Morgan fingerprint density at radius 1 is 1.19 bits per heavy atom. The monoisotopic (exact) mass is 382 g/mol. The lowest BCUT2D eigenvalue weighted by Gasteiger charge is -2.18. The zero-order chi connectivity index (χ0) is 18.1. The van der Waals surface area contributed by atoms with Crippen LogP contribution in [-0.4, -0.2) is 10.9 Å². The molecule has 4 aromatic rings. The lowest BCUT2D eigenvalue weighted by atomic mass is 10.2. The normalized spacial score (nSPS) is 11.0. The topological polar surface area (TPSA) is 46.3 Å². The molecule has 6 heteroatoms. The Bertz CT molecular complexity index is 1060. The van der Waals surface area contributed by atoms with E-state index < -0.39 is 0 Å². The number of nitrogens with zero attached hydrogens (tertiary/aromatic N) is 2. The number of benzene rings is 2. The van der Waals surface area contributed by atoms with Gasteiger partial charge in [0.25, 0.3) is 5.91 Å². The minimum absolute atomic E-state index is 0.121. The van der Waals surface area contributed by atoms with Crippen molar-refractivity contribution in [2.24, 2.45) is 0 Å². The number of aryl methyl sites for hydroxylation is 1. The minimum Gasteiger partial charge on any atom is -0.467 e. The van der Waals surface area contributed by atoms with E-state index in [1.807, 2.05) is 49.4 Å². The minimum atomic E-state index is -0.121. The number of halogens is 1. The van der Waals surface area contributed by atoms with Crippen LogP contribution in [0.2, 0.25) is 5.02 Å². The third-order valence-corrected chi connectivity index (χ3v) is 5.27. The molecule has 0 unspecified atom stereocenters. The smallest absolute Gasteiger partial charge is 0.260 e. The molecule has 0 N–H and O–H groups in total. The zero-order valence-electron chi connectivity index (χ0n) is 14.0. The highest BCUT2D eigenvalue weighted by Crippen LogP contribution is 2.34. The summed E-state index contributed by atoms with van der Waals surface area (Å²) in [6, 6.07) is 16.6. The number of furan rings is 1. The van der Waals surface area contributed by atoms with E-state index in [1.54, 1.807) is 23.3 Å². The Balaban J connectivity index is 1.80. The van der Waals surface area contributed by atoms with Crippen molar-refractivity contribution >= 4 is 44.2 Å². The molecule has 4 rings (SSSR count). The fraction of sp³-hybridized carbons (Fsp3) is 0.100. The number of hydrogen-bond donors (Lipinski definition) is 0. The molecule has 130 valence electrons. The molecule has 26 heavy (non-hydrogen) atoms. The average molecular weight is 383 g/mol. The first-order valence-corrected chi connectivity index (χ1v) is 9.27. The Morgan fingerprint density at radius 2 is 2.00 bits per heavy atom. The van der Waals surface area contributed by atoms with Crippen LogP contribution in [0.25, 0.3) is 10.2 Å².